The normalized spacial score (nSPS) is 16.1. The third-order valence-electron chi connectivity index (χ3n) is 6.48. The summed E-state index contributed by atoms with van der Waals surface area (Å²) in [4.78, 5) is 17.7. The van der Waals surface area contributed by atoms with E-state index in [9.17, 15) is 0 Å². The Kier molecular flexibility index (Phi) is 4.10. The van der Waals surface area contributed by atoms with E-state index >= 15 is 0 Å². The minimum absolute atomic E-state index is 0.246. The summed E-state index contributed by atoms with van der Waals surface area (Å²) >= 11 is 0. The van der Waals surface area contributed by atoms with Crippen LogP contribution in [0.15, 0.2) is 42.6 Å². The quantitative estimate of drug-likeness (QED) is 0.392. The van der Waals surface area contributed by atoms with Gasteiger partial charge in [0.1, 0.15) is 11.0 Å². The molecule has 3 N–H and O–H groups in total. The molecule has 9 nitrogen and oxygen atoms in total. The smallest absolute Gasteiger partial charge is 0.231 e. The van der Waals surface area contributed by atoms with Gasteiger partial charge in [-0.3, -0.25) is 5.10 Å². The van der Waals surface area contributed by atoms with E-state index in [2.05, 4.69) is 37.6 Å². The second kappa shape index (κ2) is 7.28. The molecule has 0 atom stereocenters. The van der Waals surface area contributed by atoms with Crippen LogP contribution in [0.3, 0.4) is 0 Å². The molecular formula is C24H21N7O2. The number of aromatic amines is 2. The highest BCUT2D eigenvalue weighted by Gasteiger charge is 2.21. The zero-order valence-electron chi connectivity index (χ0n) is 17.8. The summed E-state index contributed by atoms with van der Waals surface area (Å²) in [6.45, 7) is 2.30. The van der Waals surface area contributed by atoms with Crippen LogP contribution in [0.2, 0.25) is 0 Å². The van der Waals surface area contributed by atoms with Gasteiger partial charge in [-0.1, -0.05) is 6.07 Å². The molecule has 0 spiro atoms. The zero-order chi connectivity index (χ0) is 21.8. The number of rotatable bonds is 3. The average Bonchev–Trinajstić information content (AvgIpc) is 3.60. The highest BCUT2D eigenvalue weighted by Crippen LogP contribution is 2.38. The Morgan fingerprint density at radius 2 is 1.82 bits per heavy atom. The number of piperidine rings is 1. The van der Waals surface area contributed by atoms with E-state index in [4.69, 9.17) is 19.4 Å². The van der Waals surface area contributed by atoms with Crippen LogP contribution in [0.4, 0.5) is 0 Å². The molecular weight excluding hydrogens is 418 g/mol. The second-order valence-corrected chi connectivity index (χ2v) is 8.44. The molecule has 1 fully saturated rings. The molecule has 164 valence electrons. The highest BCUT2D eigenvalue weighted by atomic mass is 16.7. The van der Waals surface area contributed by atoms with Crippen molar-refractivity contribution in [3.63, 3.8) is 0 Å². The van der Waals surface area contributed by atoms with Crippen molar-refractivity contribution in [2.45, 2.75) is 18.8 Å². The Morgan fingerprint density at radius 3 is 2.76 bits per heavy atom. The second-order valence-electron chi connectivity index (χ2n) is 8.44. The van der Waals surface area contributed by atoms with Crippen molar-refractivity contribution in [3.8, 4) is 34.1 Å². The fourth-order valence-corrected chi connectivity index (χ4v) is 4.74. The van der Waals surface area contributed by atoms with Crippen molar-refractivity contribution in [3.05, 3.63) is 48.3 Å². The zero-order valence-corrected chi connectivity index (χ0v) is 17.8. The van der Waals surface area contributed by atoms with Crippen LogP contribution in [-0.4, -0.2) is 50.0 Å². The van der Waals surface area contributed by atoms with Gasteiger partial charge in [-0.15, -0.1) is 0 Å². The number of fused-ring (bicyclic) bond motifs is 3. The summed E-state index contributed by atoms with van der Waals surface area (Å²) in [5.74, 6) is 2.60. The lowest BCUT2D eigenvalue weighted by Gasteiger charge is -2.22. The number of nitrogens with one attached hydrogen (secondary N) is 3. The monoisotopic (exact) mass is 439 g/mol. The van der Waals surface area contributed by atoms with Crippen molar-refractivity contribution in [2.24, 2.45) is 0 Å². The molecule has 5 aromatic rings. The van der Waals surface area contributed by atoms with E-state index in [1.165, 1.54) is 0 Å². The van der Waals surface area contributed by atoms with E-state index in [-0.39, 0.29) is 6.79 Å². The molecule has 0 saturated carbocycles. The molecule has 0 radical (unpaired) electrons. The van der Waals surface area contributed by atoms with Gasteiger partial charge in [-0.2, -0.15) is 5.10 Å². The number of nitrogens with zero attached hydrogens (tertiary/aromatic N) is 4. The Balaban J connectivity index is 1.33. The largest absolute Gasteiger partial charge is 0.454 e. The van der Waals surface area contributed by atoms with Gasteiger partial charge in [0.15, 0.2) is 28.7 Å². The average molecular weight is 439 g/mol. The molecule has 6 heterocycles. The standard InChI is InChI=1S/C24H21N7O2/c1-4-18-19(33-12-32-18)11-14(1)15-7-10-26-23-20(15)28-24(29-23)22-21-17(30-31-22)3-2-16(27-21)13-5-8-25-9-6-13/h1-4,7,10-11,13,25H,5-6,8-9,12H2,(H,30,31)(H,26,28,29). The fraction of sp³-hybridized carbons (Fsp3) is 0.250. The summed E-state index contributed by atoms with van der Waals surface area (Å²) in [5, 5.41) is 11.1. The molecule has 1 saturated heterocycles. The highest BCUT2D eigenvalue weighted by molar-refractivity contribution is 5.94. The third kappa shape index (κ3) is 3.04. The van der Waals surface area contributed by atoms with Crippen molar-refractivity contribution in [2.75, 3.05) is 19.9 Å². The van der Waals surface area contributed by atoms with Crippen molar-refractivity contribution in [1.82, 2.24) is 35.5 Å². The van der Waals surface area contributed by atoms with Crippen molar-refractivity contribution < 1.29 is 9.47 Å². The van der Waals surface area contributed by atoms with Gasteiger partial charge >= 0.3 is 0 Å². The van der Waals surface area contributed by atoms with Gasteiger partial charge in [0.2, 0.25) is 6.79 Å². The van der Waals surface area contributed by atoms with Crippen LogP contribution >= 0.6 is 0 Å². The number of H-pyrrole nitrogens is 2. The molecule has 33 heavy (non-hydrogen) atoms. The lowest BCUT2D eigenvalue weighted by Crippen LogP contribution is -2.27. The Morgan fingerprint density at radius 1 is 0.909 bits per heavy atom. The number of hydrogen-bond donors (Lipinski definition) is 3. The Labute approximate surface area is 188 Å². The minimum Gasteiger partial charge on any atom is -0.454 e. The molecule has 0 unspecified atom stereocenters. The predicted molar refractivity (Wildman–Crippen MR) is 123 cm³/mol. The summed E-state index contributed by atoms with van der Waals surface area (Å²) in [6, 6.07) is 12.0. The van der Waals surface area contributed by atoms with Crippen molar-refractivity contribution in [1.29, 1.82) is 0 Å². The van der Waals surface area contributed by atoms with Crippen LogP contribution in [0.1, 0.15) is 24.5 Å². The third-order valence-corrected chi connectivity index (χ3v) is 6.48. The maximum Gasteiger partial charge on any atom is 0.231 e. The first-order valence-electron chi connectivity index (χ1n) is 11.1. The molecule has 4 aromatic heterocycles. The molecule has 1 aromatic carbocycles. The molecule has 0 amide bonds. The number of aromatic nitrogens is 6. The van der Waals surface area contributed by atoms with E-state index < -0.39 is 0 Å². The SMILES string of the molecule is c1cc(-c2ccc3c(c2)OCO3)c2nc(-c3n[nH]c4ccc(C5CCNCC5)nc34)[nH]c2n1. The first-order chi connectivity index (χ1) is 16.3. The van der Waals surface area contributed by atoms with Gasteiger partial charge in [-0.05, 0) is 61.8 Å². The lowest BCUT2D eigenvalue weighted by atomic mass is 9.94. The van der Waals surface area contributed by atoms with Crippen LogP contribution in [0, 0.1) is 0 Å². The number of hydrogen-bond acceptors (Lipinski definition) is 7. The number of benzene rings is 1. The van der Waals surface area contributed by atoms with Crippen LogP contribution in [0.5, 0.6) is 11.5 Å². The fourth-order valence-electron chi connectivity index (χ4n) is 4.74. The van der Waals surface area contributed by atoms with Gasteiger partial charge in [0.05, 0.1) is 5.52 Å². The van der Waals surface area contributed by atoms with E-state index in [0.29, 0.717) is 23.1 Å². The number of pyridine rings is 2. The first kappa shape index (κ1) is 18.6. The summed E-state index contributed by atoms with van der Waals surface area (Å²) in [6.07, 6.45) is 3.97. The molecule has 0 bridgehead atoms. The summed E-state index contributed by atoms with van der Waals surface area (Å²) in [5.41, 5.74) is 6.97. The predicted octanol–water partition coefficient (Wildman–Crippen LogP) is 3.76. The summed E-state index contributed by atoms with van der Waals surface area (Å²) in [7, 11) is 0. The molecule has 0 aliphatic carbocycles. The van der Waals surface area contributed by atoms with Crippen LogP contribution < -0.4 is 14.8 Å². The van der Waals surface area contributed by atoms with Gasteiger partial charge in [-0.25, -0.2) is 15.0 Å². The van der Waals surface area contributed by atoms with Gasteiger partial charge < -0.3 is 19.8 Å². The molecule has 2 aliphatic rings. The molecule has 2 aliphatic heterocycles. The molecule has 9 heteroatoms. The van der Waals surface area contributed by atoms with Gasteiger partial charge in [0.25, 0.3) is 0 Å². The minimum atomic E-state index is 0.246. The Bertz CT molecular complexity index is 1500. The van der Waals surface area contributed by atoms with Crippen molar-refractivity contribution >= 4 is 22.2 Å². The maximum atomic E-state index is 5.55. The van der Waals surface area contributed by atoms with E-state index in [1.807, 2.05) is 24.3 Å². The van der Waals surface area contributed by atoms with E-state index in [1.54, 1.807) is 6.20 Å². The van der Waals surface area contributed by atoms with E-state index in [0.717, 1.165) is 70.8 Å². The lowest BCUT2D eigenvalue weighted by molar-refractivity contribution is 0.174. The van der Waals surface area contributed by atoms with Crippen LogP contribution in [0.25, 0.3) is 44.8 Å². The van der Waals surface area contributed by atoms with Gasteiger partial charge in [0, 0.05) is 23.4 Å². The molecule has 7 rings (SSSR count). The Hall–Kier alpha value is -3.98. The maximum absolute atomic E-state index is 5.55. The first-order valence-corrected chi connectivity index (χ1v) is 11.1. The number of imidazole rings is 1. The topological polar surface area (TPSA) is 114 Å². The number of ether oxygens (including phenoxy) is 2. The summed E-state index contributed by atoms with van der Waals surface area (Å²) < 4.78 is 11.0. The van der Waals surface area contributed by atoms with Crippen LogP contribution in [-0.2, 0) is 0 Å².